The van der Waals surface area contributed by atoms with Gasteiger partial charge in [-0.15, -0.1) is 0 Å². The van der Waals surface area contributed by atoms with Gasteiger partial charge in [-0.05, 0) is 45.6 Å². The van der Waals surface area contributed by atoms with Gasteiger partial charge in [-0.25, -0.2) is 10.2 Å². The first-order valence-electron chi connectivity index (χ1n) is 13.7. The second-order valence-corrected chi connectivity index (χ2v) is 11.1. The van der Waals surface area contributed by atoms with Gasteiger partial charge >= 0.3 is 6.09 Å². The van der Waals surface area contributed by atoms with Gasteiger partial charge in [0.2, 0.25) is 11.8 Å². The number of alkyl carbamates (subject to hydrolysis) is 1. The third-order valence-electron chi connectivity index (χ3n) is 6.41. The fourth-order valence-corrected chi connectivity index (χ4v) is 4.59. The minimum absolute atomic E-state index is 0.0409. The van der Waals surface area contributed by atoms with Gasteiger partial charge in [0.1, 0.15) is 18.7 Å². The van der Waals surface area contributed by atoms with E-state index in [0.717, 1.165) is 37.7 Å². The average molecular weight is 548 g/mol. The van der Waals surface area contributed by atoms with Crippen molar-refractivity contribution in [2.24, 2.45) is 11.7 Å². The molecule has 0 radical (unpaired) electrons. The van der Waals surface area contributed by atoms with Gasteiger partial charge in [0.05, 0.1) is 11.7 Å². The van der Waals surface area contributed by atoms with Gasteiger partial charge in [-0.2, -0.15) is 0 Å². The van der Waals surface area contributed by atoms with Crippen LogP contribution in [0.5, 0.6) is 0 Å². The lowest BCUT2D eigenvalue weighted by Gasteiger charge is -2.32. The van der Waals surface area contributed by atoms with Crippen LogP contribution in [0, 0.1) is 5.92 Å². The van der Waals surface area contributed by atoms with Crippen molar-refractivity contribution in [2.45, 2.75) is 103 Å². The minimum Gasteiger partial charge on any atom is -0.445 e. The first-order valence-corrected chi connectivity index (χ1v) is 13.7. The van der Waals surface area contributed by atoms with Crippen LogP contribution in [0.15, 0.2) is 30.3 Å². The Bertz CT molecular complexity index is 930. The maximum Gasteiger partial charge on any atom is 0.408 e. The Labute approximate surface area is 231 Å². The Kier molecular flexibility index (Phi) is 13.2. The Morgan fingerprint density at radius 3 is 2.28 bits per heavy atom. The average Bonchev–Trinajstić information content (AvgIpc) is 2.88. The Hall–Kier alpha value is -3.18. The summed E-state index contributed by atoms with van der Waals surface area (Å²) < 4.78 is 11.3. The molecule has 0 heterocycles. The molecule has 11 nitrogen and oxygen atoms in total. The van der Waals surface area contributed by atoms with Gasteiger partial charge in [-0.1, -0.05) is 62.4 Å². The molecule has 0 aliphatic heterocycles. The summed E-state index contributed by atoms with van der Waals surface area (Å²) in [5.74, 6) is -1.21. The first-order chi connectivity index (χ1) is 18.4. The number of ether oxygens (including phenoxy) is 2. The molecule has 4 amide bonds. The number of primary amides is 1. The van der Waals surface area contributed by atoms with Crippen molar-refractivity contribution >= 4 is 23.8 Å². The summed E-state index contributed by atoms with van der Waals surface area (Å²) in [4.78, 5) is 50.3. The van der Waals surface area contributed by atoms with Gasteiger partial charge < -0.3 is 25.8 Å². The molecule has 0 unspecified atom stereocenters. The van der Waals surface area contributed by atoms with E-state index in [0.29, 0.717) is 6.42 Å². The molecule has 218 valence electrons. The number of nitrogens with one attached hydrogen (secondary N) is 4. The number of nitrogens with two attached hydrogens (primary N) is 1. The van der Waals surface area contributed by atoms with Crippen molar-refractivity contribution in [3.63, 3.8) is 0 Å². The number of hydrogen-bond donors (Lipinski definition) is 5. The van der Waals surface area contributed by atoms with Crippen LogP contribution in [0.2, 0.25) is 0 Å². The number of hydrogen-bond acceptors (Lipinski definition) is 7. The fourth-order valence-electron chi connectivity index (χ4n) is 4.59. The van der Waals surface area contributed by atoms with E-state index in [-0.39, 0.29) is 25.5 Å². The molecular formula is C28H45N5O6. The second kappa shape index (κ2) is 16.0. The number of hydrazine groups is 1. The predicted octanol–water partition coefficient (Wildman–Crippen LogP) is 2.44. The zero-order valence-electron chi connectivity index (χ0n) is 23.6. The van der Waals surface area contributed by atoms with Crippen LogP contribution in [0.25, 0.3) is 0 Å². The normalized spacial score (nSPS) is 16.4. The Morgan fingerprint density at radius 1 is 1.00 bits per heavy atom. The van der Waals surface area contributed by atoms with Crippen molar-refractivity contribution in [3.05, 3.63) is 35.9 Å². The van der Waals surface area contributed by atoms with Crippen LogP contribution in [0.3, 0.4) is 0 Å². The van der Waals surface area contributed by atoms with E-state index in [2.05, 4.69) is 21.5 Å². The summed E-state index contributed by atoms with van der Waals surface area (Å²) in [5, 5.41) is 5.45. The Morgan fingerprint density at radius 2 is 1.67 bits per heavy atom. The SMILES string of the molecule is C[C@@H](OC(C)(C)C)[C@H](NC(=O)OCc1ccccc1)C(=O)N[C@@H](CC1CCCCC1)C(=O)NNCCC(N)=O. The maximum atomic E-state index is 13.5. The van der Waals surface area contributed by atoms with Crippen molar-refractivity contribution in [1.29, 1.82) is 0 Å². The summed E-state index contributed by atoms with van der Waals surface area (Å²) >= 11 is 0. The molecule has 11 heteroatoms. The molecule has 0 spiro atoms. The van der Waals surface area contributed by atoms with E-state index in [4.69, 9.17) is 15.2 Å². The molecule has 39 heavy (non-hydrogen) atoms. The Balaban J connectivity index is 2.12. The van der Waals surface area contributed by atoms with E-state index in [1.807, 2.05) is 51.1 Å². The monoisotopic (exact) mass is 547 g/mol. The molecule has 1 aliphatic carbocycles. The number of benzene rings is 1. The van der Waals surface area contributed by atoms with E-state index >= 15 is 0 Å². The number of carbonyl (C=O) groups excluding carboxylic acids is 4. The summed E-state index contributed by atoms with van der Waals surface area (Å²) in [7, 11) is 0. The van der Waals surface area contributed by atoms with Gasteiger partial charge in [-0.3, -0.25) is 19.8 Å². The van der Waals surface area contributed by atoms with Crippen molar-refractivity contribution < 1.29 is 28.7 Å². The highest BCUT2D eigenvalue weighted by Gasteiger charge is 2.34. The number of rotatable bonds is 14. The zero-order valence-corrected chi connectivity index (χ0v) is 23.6. The number of amides is 4. The van der Waals surface area contributed by atoms with Gasteiger partial charge in [0.25, 0.3) is 5.91 Å². The standard InChI is InChI=1S/C28H45N5O6/c1-19(39-28(2,3)4)24(32-27(37)38-18-21-13-9-6-10-14-21)26(36)31-22(17-20-11-7-5-8-12-20)25(35)33-30-16-15-23(29)34/h6,9-10,13-14,19-20,22,24,30H,5,7-8,11-12,15-18H2,1-4H3,(H2,29,34)(H,31,36)(H,32,37)(H,33,35)/t19-,22+,24+/m1/s1. The molecule has 1 fully saturated rings. The molecule has 0 bridgehead atoms. The van der Waals surface area contributed by atoms with Crippen LogP contribution >= 0.6 is 0 Å². The lowest BCUT2D eigenvalue weighted by atomic mass is 9.84. The second-order valence-electron chi connectivity index (χ2n) is 11.1. The van der Waals surface area contributed by atoms with Crippen LogP contribution in [-0.2, 0) is 30.5 Å². The third-order valence-corrected chi connectivity index (χ3v) is 6.41. The highest BCUT2D eigenvalue weighted by atomic mass is 16.6. The summed E-state index contributed by atoms with van der Waals surface area (Å²) in [6.45, 7) is 7.45. The third kappa shape index (κ3) is 12.9. The molecule has 1 saturated carbocycles. The molecule has 1 aromatic carbocycles. The van der Waals surface area contributed by atoms with Crippen molar-refractivity contribution in [2.75, 3.05) is 6.54 Å². The van der Waals surface area contributed by atoms with Crippen LogP contribution in [-0.4, -0.2) is 54.1 Å². The topological polar surface area (TPSA) is 161 Å². The lowest BCUT2D eigenvalue weighted by molar-refractivity contribution is -0.135. The molecule has 2 rings (SSSR count). The fraction of sp³-hybridized carbons (Fsp3) is 0.643. The number of carbonyl (C=O) groups is 4. The van der Waals surface area contributed by atoms with Crippen LogP contribution in [0.1, 0.15) is 78.2 Å². The van der Waals surface area contributed by atoms with E-state index < -0.39 is 47.6 Å². The summed E-state index contributed by atoms with van der Waals surface area (Å²) in [6, 6.07) is 7.23. The lowest BCUT2D eigenvalue weighted by Crippen LogP contribution is -2.59. The van der Waals surface area contributed by atoms with Crippen LogP contribution < -0.4 is 27.2 Å². The zero-order chi connectivity index (χ0) is 28.8. The maximum absolute atomic E-state index is 13.5. The summed E-state index contributed by atoms with van der Waals surface area (Å²) in [6.07, 6.45) is 4.29. The molecule has 3 atom stereocenters. The highest BCUT2D eigenvalue weighted by Crippen LogP contribution is 2.27. The highest BCUT2D eigenvalue weighted by molar-refractivity contribution is 5.91. The summed E-state index contributed by atoms with van der Waals surface area (Å²) in [5.41, 5.74) is 10.6. The van der Waals surface area contributed by atoms with Crippen LogP contribution in [0.4, 0.5) is 4.79 Å². The molecule has 0 saturated heterocycles. The quantitative estimate of drug-likeness (QED) is 0.177. The predicted molar refractivity (Wildman–Crippen MR) is 147 cm³/mol. The molecule has 1 aromatic rings. The largest absolute Gasteiger partial charge is 0.445 e. The van der Waals surface area contributed by atoms with E-state index in [9.17, 15) is 19.2 Å². The van der Waals surface area contributed by atoms with Gasteiger partial charge in [0, 0.05) is 13.0 Å². The molecular weight excluding hydrogens is 502 g/mol. The first kappa shape index (κ1) is 32.0. The van der Waals surface area contributed by atoms with E-state index in [1.54, 1.807) is 6.92 Å². The van der Waals surface area contributed by atoms with E-state index in [1.165, 1.54) is 0 Å². The van der Waals surface area contributed by atoms with Crippen molar-refractivity contribution in [1.82, 2.24) is 21.5 Å². The van der Waals surface area contributed by atoms with Gasteiger partial charge in [0.15, 0.2) is 0 Å². The molecule has 0 aromatic heterocycles. The molecule has 6 N–H and O–H groups in total. The minimum atomic E-state index is -1.11. The molecule has 1 aliphatic rings. The smallest absolute Gasteiger partial charge is 0.408 e. The van der Waals surface area contributed by atoms with Crippen molar-refractivity contribution in [3.8, 4) is 0 Å².